The van der Waals surface area contributed by atoms with Gasteiger partial charge >= 0.3 is 12.0 Å². The van der Waals surface area contributed by atoms with Crippen LogP contribution in [0.2, 0.25) is 0 Å². The number of nitrogens with zero attached hydrogens (tertiary/aromatic N) is 1. The quantitative estimate of drug-likeness (QED) is 0.882. The van der Waals surface area contributed by atoms with Crippen LogP contribution in [0.1, 0.15) is 12.0 Å². The summed E-state index contributed by atoms with van der Waals surface area (Å²) in [6.07, 6.45) is -0.110. The van der Waals surface area contributed by atoms with Crippen molar-refractivity contribution >= 4 is 17.7 Å². The maximum atomic E-state index is 12.3. The van der Waals surface area contributed by atoms with Crippen molar-refractivity contribution in [1.29, 1.82) is 0 Å². The maximum absolute atomic E-state index is 12.3. The fraction of sp³-hybridized carbons (Fsp3) is 0.429. The molecule has 2 rings (SSSR count). The Labute approximate surface area is 117 Å². The second-order valence-corrected chi connectivity index (χ2v) is 4.77. The van der Waals surface area contributed by atoms with E-state index in [9.17, 15) is 9.59 Å². The van der Waals surface area contributed by atoms with Gasteiger partial charge in [0.1, 0.15) is 0 Å². The molecule has 1 fully saturated rings. The summed E-state index contributed by atoms with van der Waals surface area (Å²) in [7, 11) is 0. The number of morpholine rings is 1. The maximum Gasteiger partial charge on any atom is 0.322 e. The molecule has 1 heterocycles. The van der Waals surface area contributed by atoms with Gasteiger partial charge in [-0.3, -0.25) is 4.79 Å². The summed E-state index contributed by atoms with van der Waals surface area (Å²) in [4.78, 5) is 24.6. The van der Waals surface area contributed by atoms with Gasteiger partial charge in [-0.05, 0) is 18.6 Å². The van der Waals surface area contributed by atoms with Crippen molar-refractivity contribution in [2.24, 2.45) is 0 Å². The van der Waals surface area contributed by atoms with Crippen molar-refractivity contribution in [2.75, 3.05) is 25.1 Å². The van der Waals surface area contributed by atoms with Gasteiger partial charge in [-0.2, -0.15) is 0 Å². The lowest BCUT2D eigenvalue weighted by Gasteiger charge is -2.34. The van der Waals surface area contributed by atoms with Gasteiger partial charge in [0, 0.05) is 12.2 Å². The van der Waals surface area contributed by atoms with Crippen LogP contribution in [0.25, 0.3) is 0 Å². The Morgan fingerprint density at radius 1 is 1.45 bits per heavy atom. The van der Waals surface area contributed by atoms with Gasteiger partial charge in [-0.25, -0.2) is 4.79 Å². The normalized spacial score (nSPS) is 18.6. The molecule has 1 saturated heterocycles. The largest absolute Gasteiger partial charge is 0.481 e. The van der Waals surface area contributed by atoms with Crippen LogP contribution in [0, 0.1) is 6.92 Å². The molecule has 6 nitrogen and oxygen atoms in total. The summed E-state index contributed by atoms with van der Waals surface area (Å²) in [5.74, 6) is -0.936. The summed E-state index contributed by atoms with van der Waals surface area (Å²) in [6.45, 7) is 2.99. The van der Waals surface area contributed by atoms with Crippen LogP contribution < -0.4 is 5.32 Å². The molecule has 20 heavy (non-hydrogen) atoms. The third-order valence-electron chi connectivity index (χ3n) is 3.29. The average Bonchev–Trinajstić information content (AvgIpc) is 2.41. The number of para-hydroxylation sites is 1. The first-order valence-corrected chi connectivity index (χ1v) is 6.50. The number of rotatable bonds is 3. The van der Waals surface area contributed by atoms with Crippen LogP contribution in [0.5, 0.6) is 0 Å². The molecule has 1 unspecified atom stereocenters. The van der Waals surface area contributed by atoms with E-state index in [1.165, 1.54) is 4.90 Å². The van der Waals surface area contributed by atoms with Crippen molar-refractivity contribution in [3.8, 4) is 0 Å². The minimum Gasteiger partial charge on any atom is -0.481 e. The molecule has 0 spiro atoms. The smallest absolute Gasteiger partial charge is 0.322 e. The Kier molecular flexibility index (Phi) is 4.57. The molecular weight excluding hydrogens is 260 g/mol. The van der Waals surface area contributed by atoms with E-state index in [2.05, 4.69) is 5.32 Å². The number of hydrogen-bond acceptors (Lipinski definition) is 3. The molecule has 1 atom stereocenters. The van der Waals surface area contributed by atoms with Gasteiger partial charge < -0.3 is 20.1 Å². The first-order chi connectivity index (χ1) is 9.58. The molecule has 0 aromatic heterocycles. The van der Waals surface area contributed by atoms with Crippen LogP contribution in [0.4, 0.5) is 10.5 Å². The van der Waals surface area contributed by atoms with Gasteiger partial charge in [0.25, 0.3) is 0 Å². The number of anilines is 1. The highest BCUT2D eigenvalue weighted by Crippen LogP contribution is 2.17. The topological polar surface area (TPSA) is 78.9 Å². The molecule has 108 valence electrons. The number of benzene rings is 1. The lowest BCUT2D eigenvalue weighted by Crippen LogP contribution is -2.51. The predicted octanol–water partition coefficient (Wildman–Crippen LogP) is 1.70. The number of carbonyl (C=O) groups excluding carboxylic acids is 1. The Balaban J connectivity index is 2.06. The van der Waals surface area contributed by atoms with Crippen molar-refractivity contribution in [1.82, 2.24) is 4.90 Å². The molecule has 1 aromatic carbocycles. The van der Waals surface area contributed by atoms with Gasteiger partial charge in [-0.15, -0.1) is 0 Å². The van der Waals surface area contributed by atoms with Gasteiger partial charge in [0.15, 0.2) is 0 Å². The molecule has 1 aliphatic heterocycles. The third-order valence-corrected chi connectivity index (χ3v) is 3.29. The summed E-state index contributed by atoms with van der Waals surface area (Å²) in [6, 6.07) is 6.76. The summed E-state index contributed by atoms with van der Waals surface area (Å²) in [5.41, 5.74) is 1.70. The van der Waals surface area contributed by atoms with E-state index in [0.717, 1.165) is 11.3 Å². The second kappa shape index (κ2) is 6.38. The van der Waals surface area contributed by atoms with E-state index in [1.54, 1.807) is 0 Å². The SMILES string of the molecule is Cc1ccccc1NC(=O)N1CCOCC1CC(=O)O. The highest BCUT2D eigenvalue weighted by molar-refractivity contribution is 5.90. The summed E-state index contributed by atoms with van der Waals surface area (Å²) >= 11 is 0. The predicted molar refractivity (Wildman–Crippen MR) is 73.8 cm³/mol. The van der Waals surface area contributed by atoms with Crippen LogP contribution in [0.3, 0.4) is 0 Å². The number of carbonyl (C=O) groups is 2. The molecule has 0 saturated carbocycles. The van der Waals surface area contributed by atoms with E-state index in [0.29, 0.717) is 13.2 Å². The molecule has 6 heteroatoms. The molecule has 0 radical (unpaired) electrons. The summed E-state index contributed by atoms with van der Waals surface area (Å²) in [5, 5.41) is 11.7. The number of ether oxygens (including phenoxy) is 1. The van der Waals surface area contributed by atoms with Crippen LogP contribution in [-0.2, 0) is 9.53 Å². The Hall–Kier alpha value is -2.08. The fourth-order valence-electron chi connectivity index (χ4n) is 2.19. The lowest BCUT2D eigenvalue weighted by atomic mass is 10.1. The molecule has 0 aliphatic carbocycles. The Bertz CT molecular complexity index is 504. The zero-order valence-electron chi connectivity index (χ0n) is 11.3. The summed E-state index contributed by atoms with van der Waals surface area (Å²) < 4.78 is 5.25. The average molecular weight is 278 g/mol. The number of carboxylic acid groups (broad SMARTS) is 1. The van der Waals surface area contributed by atoms with Crippen molar-refractivity contribution in [3.05, 3.63) is 29.8 Å². The molecule has 1 aromatic rings. The highest BCUT2D eigenvalue weighted by Gasteiger charge is 2.29. The van der Waals surface area contributed by atoms with Gasteiger partial charge in [0.05, 0.1) is 25.7 Å². The first-order valence-electron chi connectivity index (χ1n) is 6.50. The highest BCUT2D eigenvalue weighted by atomic mass is 16.5. The number of hydrogen-bond donors (Lipinski definition) is 2. The minimum absolute atomic E-state index is 0.110. The molecule has 2 amide bonds. The number of aliphatic carboxylic acids is 1. The Morgan fingerprint density at radius 2 is 2.20 bits per heavy atom. The first kappa shape index (κ1) is 14.3. The lowest BCUT2D eigenvalue weighted by molar-refractivity contribution is -0.139. The number of urea groups is 1. The minimum atomic E-state index is -0.936. The van der Waals surface area contributed by atoms with Crippen molar-refractivity contribution in [3.63, 3.8) is 0 Å². The van der Waals surface area contributed by atoms with E-state index >= 15 is 0 Å². The molecule has 2 N–H and O–H groups in total. The second-order valence-electron chi connectivity index (χ2n) is 4.77. The van der Waals surface area contributed by atoms with Crippen LogP contribution >= 0.6 is 0 Å². The fourth-order valence-corrected chi connectivity index (χ4v) is 2.19. The van der Waals surface area contributed by atoms with Crippen molar-refractivity contribution < 1.29 is 19.4 Å². The van der Waals surface area contributed by atoms with E-state index in [4.69, 9.17) is 9.84 Å². The number of aryl methyl sites for hydroxylation is 1. The number of amides is 2. The molecule has 0 bridgehead atoms. The van der Waals surface area contributed by atoms with Crippen molar-refractivity contribution in [2.45, 2.75) is 19.4 Å². The van der Waals surface area contributed by atoms with E-state index in [-0.39, 0.29) is 19.1 Å². The Morgan fingerprint density at radius 3 is 2.90 bits per heavy atom. The molecular formula is C14H18N2O4. The standard InChI is InChI=1S/C14H18N2O4/c1-10-4-2-3-5-12(10)15-14(19)16-6-7-20-9-11(16)8-13(17)18/h2-5,11H,6-9H2,1H3,(H,15,19)(H,17,18). The zero-order valence-corrected chi connectivity index (χ0v) is 11.3. The monoisotopic (exact) mass is 278 g/mol. The number of nitrogens with one attached hydrogen (secondary N) is 1. The zero-order chi connectivity index (χ0) is 14.5. The van der Waals surface area contributed by atoms with E-state index in [1.807, 2.05) is 31.2 Å². The molecule has 1 aliphatic rings. The van der Waals surface area contributed by atoms with Crippen LogP contribution in [0.15, 0.2) is 24.3 Å². The van der Waals surface area contributed by atoms with Gasteiger partial charge in [0.2, 0.25) is 0 Å². The number of carboxylic acids is 1. The van der Waals surface area contributed by atoms with E-state index < -0.39 is 12.0 Å². The van der Waals surface area contributed by atoms with Gasteiger partial charge in [-0.1, -0.05) is 18.2 Å². The third kappa shape index (κ3) is 3.48. The van der Waals surface area contributed by atoms with Crippen LogP contribution in [-0.4, -0.2) is 47.8 Å².